The minimum absolute atomic E-state index is 0.110. The first-order valence-corrected chi connectivity index (χ1v) is 11.2. The lowest BCUT2D eigenvalue weighted by Gasteiger charge is -2.54. The lowest BCUT2D eigenvalue weighted by atomic mass is 9.54. The van der Waals surface area contributed by atoms with E-state index in [1.54, 1.807) is 0 Å². The predicted molar refractivity (Wildman–Crippen MR) is 106 cm³/mol. The molecule has 5 aliphatic rings. The van der Waals surface area contributed by atoms with Crippen molar-refractivity contribution < 1.29 is 19.1 Å². The molecule has 0 aromatic carbocycles. The second kappa shape index (κ2) is 7.94. The van der Waals surface area contributed by atoms with Gasteiger partial charge < -0.3 is 14.8 Å². The van der Waals surface area contributed by atoms with Crippen molar-refractivity contribution in [2.75, 3.05) is 26.3 Å². The Hall–Kier alpha value is -1.14. The second-order valence-corrected chi connectivity index (χ2v) is 9.95. The number of amides is 1. The molecule has 1 amide bonds. The summed E-state index contributed by atoms with van der Waals surface area (Å²) >= 11 is 0. The van der Waals surface area contributed by atoms with E-state index in [0.717, 1.165) is 11.8 Å². The number of nitrogens with one attached hydrogen (secondary N) is 1. The van der Waals surface area contributed by atoms with Gasteiger partial charge in [-0.05, 0) is 76.5 Å². The van der Waals surface area contributed by atoms with Crippen LogP contribution in [0.5, 0.6) is 0 Å². The fourth-order valence-corrected chi connectivity index (χ4v) is 6.40. The Balaban J connectivity index is 1.30. The second-order valence-electron chi connectivity index (χ2n) is 9.95. The molecule has 0 spiro atoms. The van der Waals surface area contributed by atoms with E-state index in [0.29, 0.717) is 50.6 Å². The Morgan fingerprint density at radius 2 is 1.75 bits per heavy atom. The van der Waals surface area contributed by atoms with Gasteiger partial charge in [0.15, 0.2) is 0 Å². The molecule has 5 rings (SSSR count). The van der Waals surface area contributed by atoms with Crippen molar-refractivity contribution in [2.45, 2.75) is 77.0 Å². The van der Waals surface area contributed by atoms with Gasteiger partial charge in [0.25, 0.3) is 0 Å². The monoisotopic (exact) mass is 392 g/mol. The molecule has 1 atom stereocenters. The van der Waals surface area contributed by atoms with Crippen LogP contribution in [0.15, 0.2) is 0 Å². The van der Waals surface area contributed by atoms with Crippen LogP contribution >= 0.6 is 0 Å². The van der Waals surface area contributed by atoms with Gasteiger partial charge in [0.2, 0.25) is 5.91 Å². The van der Waals surface area contributed by atoms with Crippen LogP contribution in [-0.2, 0) is 19.1 Å². The molecule has 4 bridgehead atoms. The van der Waals surface area contributed by atoms with Crippen molar-refractivity contribution in [2.24, 2.45) is 23.7 Å². The summed E-state index contributed by atoms with van der Waals surface area (Å²) in [7, 11) is 0. The quantitative estimate of drug-likeness (QED) is 0.703. The van der Waals surface area contributed by atoms with Gasteiger partial charge >= 0.3 is 5.97 Å². The van der Waals surface area contributed by atoms with Gasteiger partial charge in [0, 0.05) is 19.1 Å². The summed E-state index contributed by atoms with van der Waals surface area (Å²) in [6, 6.07) is 0.371. The van der Waals surface area contributed by atoms with Crippen molar-refractivity contribution in [3.63, 3.8) is 0 Å². The summed E-state index contributed by atoms with van der Waals surface area (Å²) in [5, 5.41) is 3.38. The van der Waals surface area contributed by atoms with E-state index in [-0.39, 0.29) is 18.0 Å². The number of esters is 1. The average Bonchev–Trinajstić information content (AvgIpc) is 2.64. The van der Waals surface area contributed by atoms with Crippen molar-refractivity contribution in [3.8, 4) is 0 Å². The van der Waals surface area contributed by atoms with Crippen molar-refractivity contribution in [1.82, 2.24) is 10.2 Å². The summed E-state index contributed by atoms with van der Waals surface area (Å²) in [6.45, 7) is 7.79. The van der Waals surface area contributed by atoms with Gasteiger partial charge in [-0.2, -0.15) is 0 Å². The Kier molecular flexibility index (Phi) is 5.71. The Bertz CT molecular complexity index is 577. The molecular formula is C22H36N2O4. The predicted octanol–water partition coefficient (Wildman–Crippen LogP) is 2.36. The summed E-state index contributed by atoms with van der Waals surface area (Å²) in [4.78, 5) is 27.2. The van der Waals surface area contributed by atoms with Crippen LogP contribution < -0.4 is 5.32 Å². The number of hydrogen-bond acceptors (Lipinski definition) is 5. The maximum Gasteiger partial charge on any atom is 0.325 e. The molecule has 5 fully saturated rings. The zero-order valence-corrected chi connectivity index (χ0v) is 17.6. The van der Waals surface area contributed by atoms with Crippen LogP contribution in [-0.4, -0.2) is 60.8 Å². The topological polar surface area (TPSA) is 67.9 Å². The summed E-state index contributed by atoms with van der Waals surface area (Å²) in [5.74, 6) is 3.09. The van der Waals surface area contributed by atoms with Crippen LogP contribution in [0.25, 0.3) is 0 Å². The fraction of sp³-hybridized carbons (Fsp3) is 0.909. The molecule has 0 aromatic rings. The van der Waals surface area contributed by atoms with E-state index in [4.69, 9.17) is 9.47 Å². The molecule has 1 aliphatic heterocycles. The van der Waals surface area contributed by atoms with E-state index < -0.39 is 5.54 Å². The van der Waals surface area contributed by atoms with Gasteiger partial charge in [-0.1, -0.05) is 0 Å². The molecule has 6 heteroatoms. The number of nitrogens with zero attached hydrogens (tertiary/aromatic N) is 1. The van der Waals surface area contributed by atoms with Crippen LogP contribution in [0.2, 0.25) is 0 Å². The van der Waals surface area contributed by atoms with E-state index in [2.05, 4.69) is 10.2 Å². The van der Waals surface area contributed by atoms with Gasteiger partial charge in [-0.15, -0.1) is 0 Å². The van der Waals surface area contributed by atoms with Gasteiger partial charge in [-0.3, -0.25) is 14.5 Å². The molecule has 1 unspecified atom stereocenters. The molecule has 1 saturated heterocycles. The Morgan fingerprint density at radius 1 is 1.11 bits per heavy atom. The Labute approximate surface area is 168 Å². The number of ether oxygens (including phenoxy) is 2. The standard InChI is InChI=1S/C22H36N2O4/c1-4-27-21(26)22(2,3)24-5-6-28-18(13-24)12-19(25)23-20-16-8-14-7-15(10-16)11-17(20)9-14/h14-18,20H,4-13H2,1-3H3,(H,23,25). The van der Waals surface area contributed by atoms with Crippen LogP contribution in [0, 0.1) is 23.7 Å². The molecule has 28 heavy (non-hydrogen) atoms. The first-order valence-electron chi connectivity index (χ1n) is 11.2. The van der Waals surface area contributed by atoms with E-state index in [1.165, 1.54) is 32.1 Å². The zero-order chi connectivity index (χ0) is 19.9. The molecule has 4 aliphatic carbocycles. The normalized spacial score (nSPS) is 37.7. The van der Waals surface area contributed by atoms with E-state index >= 15 is 0 Å². The zero-order valence-electron chi connectivity index (χ0n) is 17.6. The summed E-state index contributed by atoms with van der Waals surface area (Å²) in [6.07, 6.45) is 6.85. The van der Waals surface area contributed by atoms with E-state index in [9.17, 15) is 9.59 Å². The number of carbonyl (C=O) groups is 2. The lowest BCUT2D eigenvalue weighted by Crippen LogP contribution is -2.58. The van der Waals surface area contributed by atoms with Gasteiger partial charge in [0.1, 0.15) is 5.54 Å². The Morgan fingerprint density at radius 3 is 2.36 bits per heavy atom. The number of rotatable bonds is 6. The van der Waals surface area contributed by atoms with Crippen LogP contribution in [0.1, 0.15) is 59.3 Å². The number of carbonyl (C=O) groups excluding carboxylic acids is 2. The fourth-order valence-electron chi connectivity index (χ4n) is 6.40. The largest absolute Gasteiger partial charge is 0.465 e. The average molecular weight is 393 g/mol. The maximum absolute atomic E-state index is 12.8. The maximum atomic E-state index is 12.8. The van der Waals surface area contributed by atoms with E-state index in [1.807, 2.05) is 20.8 Å². The highest BCUT2D eigenvalue weighted by Crippen LogP contribution is 2.53. The third kappa shape index (κ3) is 3.95. The third-order valence-corrected chi connectivity index (χ3v) is 7.67. The molecular weight excluding hydrogens is 356 g/mol. The smallest absolute Gasteiger partial charge is 0.325 e. The molecule has 6 nitrogen and oxygen atoms in total. The van der Waals surface area contributed by atoms with Gasteiger partial charge in [-0.25, -0.2) is 0 Å². The first-order chi connectivity index (χ1) is 13.4. The first kappa shape index (κ1) is 20.1. The summed E-state index contributed by atoms with van der Waals surface area (Å²) < 4.78 is 11.1. The molecule has 4 saturated carbocycles. The number of morpholine rings is 1. The highest BCUT2D eigenvalue weighted by Gasteiger charge is 2.48. The SMILES string of the molecule is CCOC(=O)C(C)(C)N1CCOC(CC(=O)NC2C3CC4CC(C3)CC2C4)C1. The molecule has 1 N–H and O–H groups in total. The van der Waals surface area contributed by atoms with Gasteiger partial charge in [0.05, 0.1) is 25.7 Å². The van der Waals surface area contributed by atoms with Crippen molar-refractivity contribution in [1.29, 1.82) is 0 Å². The van der Waals surface area contributed by atoms with Crippen molar-refractivity contribution >= 4 is 11.9 Å². The highest BCUT2D eigenvalue weighted by atomic mass is 16.5. The molecule has 158 valence electrons. The minimum atomic E-state index is -0.698. The van der Waals surface area contributed by atoms with Crippen LogP contribution in [0.3, 0.4) is 0 Å². The van der Waals surface area contributed by atoms with Crippen LogP contribution in [0.4, 0.5) is 0 Å². The lowest BCUT2D eigenvalue weighted by molar-refractivity contribution is -0.161. The summed E-state index contributed by atoms with van der Waals surface area (Å²) in [5.41, 5.74) is -0.698. The molecule has 0 radical (unpaired) electrons. The highest BCUT2D eigenvalue weighted by molar-refractivity contribution is 5.80. The number of hydrogen-bond donors (Lipinski definition) is 1. The molecule has 0 aromatic heterocycles. The van der Waals surface area contributed by atoms with Crippen molar-refractivity contribution in [3.05, 3.63) is 0 Å². The minimum Gasteiger partial charge on any atom is -0.465 e. The molecule has 1 heterocycles. The third-order valence-electron chi connectivity index (χ3n) is 7.67.